The quantitative estimate of drug-likeness (QED) is 0.713. The van der Waals surface area contributed by atoms with Crippen LogP contribution < -0.4 is 0 Å². The molecule has 1 aromatic heterocycles. The van der Waals surface area contributed by atoms with Gasteiger partial charge in [0.15, 0.2) is 0 Å². The van der Waals surface area contributed by atoms with Gasteiger partial charge >= 0.3 is 0 Å². The zero-order valence-electron chi connectivity index (χ0n) is 6.67. The zero-order chi connectivity index (χ0) is 10.7. The maximum Gasteiger partial charge on any atom is 0.266 e. The Morgan fingerprint density at radius 3 is 2.64 bits per heavy atom. The van der Waals surface area contributed by atoms with Gasteiger partial charge in [-0.3, -0.25) is 9.78 Å². The third kappa shape index (κ3) is 1.86. The molecular formula is C8H3ClF2N2O. The highest BCUT2D eigenvalue weighted by Crippen LogP contribution is 2.25. The van der Waals surface area contributed by atoms with Gasteiger partial charge < -0.3 is 0 Å². The predicted octanol–water partition coefficient (Wildman–Crippen LogP) is 2.27. The lowest BCUT2D eigenvalue weighted by atomic mass is 10.1. The molecule has 0 saturated heterocycles. The van der Waals surface area contributed by atoms with Crippen LogP contribution in [0.2, 0.25) is 0 Å². The van der Waals surface area contributed by atoms with Crippen LogP contribution in [0.5, 0.6) is 0 Å². The van der Waals surface area contributed by atoms with Crippen molar-refractivity contribution in [1.82, 2.24) is 4.98 Å². The molecule has 0 unspecified atom stereocenters. The summed E-state index contributed by atoms with van der Waals surface area (Å²) in [7, 11) is 0. The van der Waals surface area contributed by atoms with Crippen molar-refractivity contribution >= 4 is 16.8 Å². The third-order valence-corrected chi connectivity index (χ3v) is 1.72. The Labute approximate surface area is 82.9 Å². The van der Waals surface area contributed by atoms with Gasteiger partial charge in [-0.2, -0.15) is 5.26 Å². The summed E-state index contributed by atoms with van der Waals surface area (Å²) in [5, 5.41) is 7.44. The van der Waals surface area contributed by atoms with Crippen LogP contribution in [-0.4, -0.2) is 10.2 Å². The Bertz CT molecular complexity index is 414. The molecule has 0 N–H and O–H groups in total. The van der Waals surface area contributed by atoms with Crippen LogP contribution in [0, 0.1) is 11.3 Å². The Balaban J connectivity index is 3.45. The topological polar surface area (TPSA) is 53.8 Å². The average Bonchev–Trinajstić information content (AvgIpc) is 2.16. The van der Waals surface area contributed by atoms with E-state index in [2.05, 4.69) is 4.98 Å². The minimum Gasteiger partial charge on any atom is -0.276 e. The Morgan fingerprint density at radius 1 is 1.57 bits per heavy atom. The van der Waals surface area contributed by atoms with Gasteiger partial charge in [0.05, 0.1) is 11.1 Å². The van der Waals surface area contributed by atoms with Crippen LogP contribution in [0.15, 0.2) is 12.4 Å². The molecule has 0 aliphatic rings. The molecule has 72 valence electrons. The van der Waals surface area contributed by atoms with Gasteiger partial charge in [0.2, 0.25) is 0 Å². The first kappa shape index (κ1) is 10.5. The van der Waals surface area contributed by atoms with Crippen molar-refractivity contribution in [2.45, 2.75) is 6.43 Å². The molecule has 1 aromatic rings. The van der Waals surface area contributed by atoms with Gasteiger partial charge in [-0.05, 0) is 11.6 Å². The SMILES string of the molecule is N#Cc1cncc(C(F)F)c1C(=O)Cl. The minimum atomic E-state index is -2.88. The highest BCUT2D eigenvalue weighted by Gasteiger charge is 2.21. The number of hydrogen-bond acceptors (Lipinski definition) is 3. The van der Waals surface area contributed by atoms with Crippen LogP contribution >= 0.6 is 11.6 Å². The van der Waals surface area contributed by atoms with Crippen molar-refractivity contribution in [2.24, 2.45) is 0 Å². The number of pyridine rings is 1. The summed E-state index contributed by atoms with van der Waals surface area (Å²) in [6.45, 7) is 0. The molecule has 6 heteroatoms. The monoisotopic (exact) mass is 216 g/mol. The first-order valence-electron chi connectivity index (χ1n) is 3.44. The molecule has 0 aliphatic carbocycles. The van der Waals surface area contributed by atoms with E-state index < -0.39 is 22.8 Å². The lowest BCUT2D eigenvalue weighted by Crippen LogP contribution is -2.03. The van der Waals surface area contributed by atoms with E-state index in [1.54, 1.807) is 6.07 Å². The molecule has 14 heavy (non-hydrogen) atoms. The fraction of sp³-hybridized carbons (Fsp3) is 0.125. The van der Waals surface area contributed by atoms with Crippen LogP contribution in [0.1, 0.15) is 27.9 Å². The van der Waals surface area contributed by atoms with E-state index in [0.29, 0.717) is 0 Å². The average molecular weight is 217 g/mol. The number of nitrogens with zero attached hydrogens (tertiary/aromatic N) is 2. The summed E-state index contributed by atoms with van der Waals surface area (Å²) < 4.78 is 24.7. The first-order chi connectivity index (χ1) is 6.57. The van der Waals surface area contributed by atoms with E-state index in [9.17, 15) is 13.6 Å². The van der Waals surface area contributed by atoms with Crippen molar-refractivity contribution < 1.29 is 13.6 Å². The molecule has 0 saturated carbocycles. The van der Waals surface area contributed by atoms with E-state index in [4.69, 9.17) is 16.9 Å². The number of aromatic nitrogens is 1. The van der Waals surface area contributed by atoms with Crippen molar-refractivity contribution in [3.63, 3.8) is 0 Å². The minimum absolute atomic E-state index is 0.247. The second-order valence-corrected chi connectivity index (χ2v) is 2.68. The van der Waals surface area contributed by atoms with Crippen LogP contribution in [0.3, 0.4) is 0 Å². The van der Waals surface area contributed by atoms with Gasteiger partial charge in [0.25, 0.3) is 11.7 Å². The van der Waals surface area contributed by atoms with E-state index in [1.807, 2.05) is 0 Å². The third-order valence-electron chi connectivity index (χ3n) is 1.53. The number of carbonyl (C=O) groups excluding carboxylic acids is 1. The lowest BCUT2D eigenvalue weighted by molar-refractivity contribution is 0.106. The van der Waals surface area contributed by atoms with E-state index in [0.717, 1.165) is 12.4 Å². The highest BCUT2D eigenvalue weighted by atomic mass is 35.5. The van der Waals surface area contributed by atoms with Gasteiger partial charge in [0, 0.05) is 18.0 Å². The molecular weight excluding hydrogens is 214 g/mol. The van der Waals surface area contributed by atoms with Gasteiger partial charge in [0.1, 0.15) is 6.07 Å². The molecule has 3 nitrogen and oxygen atoms in total. The van der Waals surface area contributed by atoms with Gasteiger partial charge in [-0.15, -0.1) is 0 Å². The molecule has 0 bridgehead atoms. The summed E-state index contributed by atoms with van der Waals surface area (Å²) in [6, 6.07) is 1.57. The van der Waals surface area contributed by atoms with Crippen molar-refractivity contribution in [1.29, 1.82) is 5.26 Å². The summed E-state index contributed by atoms with van der Waals surface area (Å²) in [5.74, 6) is 0. The van der Waals surface area contributed by atoms with Crippen molar-refractivity contribution in [3.05, 3.63) is 29.1 Å². The lowest BCUT2D eigenvalue weighted by Gasteiger charge is -2.04. The first-order valence-corrected chi connectivity index (χ1v) is 3.81. The van der Waals surface area contributed by atoms with Crippen molar-refractivity contribution in [2.75, 3.05) is 0 Å². The standard InChI is InChI=1S/C8H3ClF2N2O/c9-7(14)6-4(1-12)2-13-3-5(6)8(10)11/h2-3,8H. The number of hydrogen-bond donors (Lipinski definition) is 0. The van der Waals surface area contributed by atoms with E-state index >= 15 is 0 Å². The molecule has 0 aromatic carbocycles. The molecule has 1 heterocycles. The maximum atomic E-state index is 12.3. The Kier molecular flexibility index (Phi) is 3.10. The molecule has 0 fully saturated rings. The zero-order valence-corrected chi connectivity index (χ0v) is 7.42. The van der Waals surface area contributed by atoms with Crippen LogP contribution in [0.25, 0.3) is 0 Å². The van der Waals surface area contributed by atoms with E-state index in [1.165, 1.54) is 0 Å². The molecule has 0 radical (unpaired) electrons. The number of nitriles is 1. The second kappa shape index (κ2) is 4.11. The Hall–Kier alpha value is -1.54. The van der Waals surface area contributed by atoms with Crippen LogP contribution in [0.4, 0.5) is 8.78 Å². The summed E-state index contributed by atoms with van der Waals surface area (Å²) in [5.41, 5.74) is -1.34. The number of halogens is 3. The maximum absolute atomic E-state index is 12.3. The number of alkyl halides is 2. The summed E-state index contributed by atoms with van der Waals surface area (Å²) in [6.07, 6.45) is -1.05. The Morgan fingerprint density at radius 2 is 2.21 bits per heavy atom. The predicted molar refractivity (Wildman–Crippen MR) is 44.1 cm³/mol. The molecule has 0 spiro atoms. The molecule has 1 rings (SSSR count). The van der Waals surface area contributed by atoms with Crippen LogP contribution in [-0.2, 0) is 0 Å². The van der Waals surface area contributed by atoms with Gasteiger partial charge in [-0.25, -0.2) is 8.78 Å². The van der Waals surface area contributed by atoms with Crippen molar-refractivity contribution in [3.8, 4) is 6.07 Å². The highest BCUT2D eigenvalue weighted by molar-refractivity contribution is 6.68. The fourth-order valence-corrected chi connectivity index (χ4v) is 1.16. The molecule has 0 atom stereocenters. The molecule has 0 amide bonds. The molecule has 0 aliphatic heterocycles. The van der Waals surface area contributed by atoms with Gasteiger partial charge in [-0.1, -0.05) is 0 Å². The smallest absolute Gasteiger partial charge is 0.266 e. The summed E-state index contributed by atoms with van der Waals surface area (Å²) >= 11 is 5.09. The fourth-order valence-electron chi connectivity index (χ4n) is 0.946. The summed E-state index contributed by atoms with van der Waals surface area (Å²) in [4.78, 5) is 14.2. The van der Waals surface area contributed by atoms with E-state index in [-0.39, 0.29) is 5.56 Å². The number of rotatable bonds is 2. The largest absolute Gasteiger partial charge is 0.276 e. The second-order valence-electron chi connectivity index (χ2n) is 2.34. The normalized spacial score (nSPS) is 9.93. The number of carbonyl (C=O) groups is 1.